The largest absolute Gasteiger partial charge is 0.484 e. The van der Waals surface area contributed by atoms with Crippen molar-refractivity contribution in [2.45, 2.75) is 24.5 Å². The fourth-order valence-electron chi connectivity index (χ4n) is 2.22. The number of sulfone groups is 1. The van der Waals surface area contributed by atoms with Gasteiger partial charge in [-0.1, -0.05) is 18.2 Å². The van der Waals surface area contributed by atoms with E-state index < -0.39 is 28.5 Å². The third-order valence-corrected chi connectivity index (χ3v) is 4.77. The van der Waals surface area contributed by atoms with E-state index in [9.17, 15) is 26.4 Å². The summed E-state index contributed by atoms with van der Waals surface area (Å²) in [5.41, 5.74) is 1.51. The Hall–Kier alpha value is -2.55. The summed E-state index contributed by atoms with van der Waals surface area (Å²) in [4.78, 5) is 12.4. The quantitative estimate of drug-likeness (QED) is 0.807. The minimum absolute atomic E-state index is 0.0458. The Kier molecular flexibility index (Phi) is 6.15. The minimum Gasteiger partial charge on any atom is -0.484 e. The number of benzene rings is 2. The van der Waals surface area contributed by atoms with Gasteiger partial charge in [-0.3, -0.25) is 4.79 Å². The first kappa shape index (κ1) is 20.8. The van der Waals surface area contributed by atoms with Gasteiger partial charge in [-0.15, -0.1) is 0 Å². The van der Waals surface area contributed by atoms with Crippen LogP contribution >= 0.6 is 0 Å². The Morgan fingerprint density at radius 2 is 1.74 bits per heavy atom. The van der Waals surface area contributed by atoms with Crippen LogP contribution in [-0.2, 0) is 16.4 Å². The molecule has 0 aromatic heterocycles. The predicted molar refractivity (Wildman–Crippen MR) is 93.5 cm³/mol. The number of hydrogen-bond acceptors (Lipinski definition) is 4. The number of alkyl halides is 3. The molecule has 0 aliphatic carbocycles. The minimum atomic E-state index is -4.41. The van der Waals surface area contributed by atoms with Crippen molar-refractivity contribution in [3.63, 3.8) is 0 Å². The monoisotopic (exact) mass is 401 g/mol. The average molecular weight is 401 g/mol. The van der Waals surface area contributed by atoms with Crippen LogP contribution in [0.1, 0.15) is 21.5 Å². The van der Waals surface area contributed by atoms with Gasteiger partial charge in [0.2, 0.25) is 0 Å². The molecule has 2 aromatic carbocycles. The van der Waals surface area contributed by atoms with Crippen molar-refractivity contribution in [1.82, 2.24) is 5.32 Å². The van der Waals surface area contributed by atoms with Gasteiger partial charge in [0.25, 0.3) is 5.91 Å². The third kappa shape index (κ3) is 6.28. The van der Waals surface area contributed by atoms with Gasteiger partial charge >= 0.3 is 6.18 Å². The highest BCUT2D eigenvalue weighted by Gasteiger charge is 2.28. The van der Waals surface area contributed by atoms with Crippen LogP contribution in [0.25, 0.3) is 0 Å². The number of amides is 1. The van der Waals surface area contributed by atoms with Crippen molar-refractivity contribution in [3.8, 4) is 5.75 Å². The first-order valence-electron chi connectivity index (χ1n) is 7.83. The van der Waals surface area contributed by atoms with E-state index in [2.05, 4.69) is 10.1 Å². The molecule has 0 radical (unpaired) electrons. The summed E-state index contributed by atoms with van der Waals surface area (Å²) in [5, 5.41) is 2.66. The molecular weight excluding hydrogens is 383 g/mol. The molecule has 1 amide bonds. The Bertz CT molecular complexity index is 923. The van der Waals surface area contributed by atoms with E-state index in [1.165, 1.54) is 36.4 Å². The predicted octanol–water partition coefficient (Wildman–Crippen LogP) is 3.27. The molecular formula is C18H18F3NO4S. The fourth-order valence-corrected chi connectivity index (χ4v) is 2.87. The molecule has 9 heteroatoms. The van der Waals surface area contributed by atoms with Crippen LogP contribution in [0.5, 0.6) is 5.75 Å². The molecule has 27 heavy (non-hydrogen) atoms. The Balaban J connectivity index is 2.01. The van der Waals surface area contributed by atoms with Gasteiger partial charge in [0.05, 0.1) is 4.90 Å². The van der Waals surface area contributed by atoms with Gasteiger partial charge in [-0.05, 0) is 42.3 Å². The Morgan fingerprint density at radius 1 is 1.11 bits per heavy atom. The third-order valence-electron chi connectivity index (χ3n) is 3.66. The van der Waals surface area contributed by atoms with Crippen molar-refractivity contribution < 1.29 is 31.1 Å². The highest BCUT2D eigenvalue weighted by molar-refractivity contribution is 7.90. The van der Waals surface area contributed by atoms with Crippen molar-refractivity contribution in [2.75, 3.05) is 12.9 Å². The van der Waals surface area contributed by atoms with Crippen LogP contribution in [0.3, 0.4) is 0 Å². The molecule has 0 spiro atoms. The maximum atomic E-state index is 12.3. The summed E-state index contributed by atoms with van der Waals surface area (Å²) in [6, 6.07) is 10.1. The van der Waals surface area contributed by atoms with Crippen molar-refractivity contribution >= 4 is 15.7 Å². The van der Waals surface area contributed by atoms with Crippen molar-refractivity contribution in [3.05, 3.63) is 59.2 Å². The number of aryl methyl sites for hydroxylation is 1. The second-order valence-corrected chi connectivity index (χ2v) is 8.00. The molecule has 0 unspecified atom stereocenters. The van der Waals surface area contributed by atoms with E-state index in [0.717, 1.165) is 6.26 Å². The lowest BCUT2D eigenvalue weighted by atomic mass is 10.1. The summed E-state index contributed by atoms with van der Waals surface area (Å²) < 4.78 is 64.2. The van der Waals surface area contributed by atoms with Gasteiger partial charge in [0.1, 0.15) is 5.75 Å². The lowest BCUT2D eigenvalue weighted by Gasteiger charge is -2.11. The average Bonchev–Trinajstić information content (AvgIpc) is 2.57. The second kappa shape index (κ2) is 7.99. The normalized spacial score (nSPS) is 11.9. The molecule has 2 rings (SSSR count). The van der Waals surface area contributed by atoms with Crippen LogP contribution in [-0.4, -0.2) is 33.4 Å². The van der Waals surface area contributed by atoms with Crippen LogP contribution in [0, 0.1) is 6.92 Å². The molecule has 0 aliphatic heterocycles. The van der Waals surface area contributed by atoms with Gasteiger partial charge in [-0.2, -0.15) is 13.2 Å². The number of hydrogen-bond donors (Lipinski definition) is 1. The lowest BCUT2D eigenvalue weighted by Crippen LogP contribution is -2.24. The highest BCUT2D eigenvalue weighted by Crippen LogP contribution is 2.19. The van der Waals surface area contributed by atoms with Crippen LogP contribution < -0.4 is 10.1 Å². The molecule has 0 atom stereocenters. The second-order valence-electron chi connectivity index (χ2n) is 5.98. The summed E-state index contributed by atoms with van der Waals surface area (Å²) in [6.07, 6.45) is -3.35. The lowest BCUT2D eigenvalue weighted by molar-refractivity contribution is -0.153. The standard InChI is InChI=1S/C18H18F3NO4S/c1-12-3-8-15(27(2,24)25)9-16(12)17(23)22-10-13-4-6-14(7-5-13)26-11-18(19,20)21/h3-9H,10-11H2,1-2H3,(H,22,23). The van der Waals surface area contributed by atoms with E-state index in [-0.39, 0.29) is 22.8 Å². The number of ether oxygens (including phenoxy) is 1. The van der Waals surface area contributed by atoms with E-state index in [0.29, 0.717) is 11.1 Å². The summed E-state index contributed by atoms with van der Waals surface area (Å²) >= 11 is 0. The zero-order valence-electron chi connectivity index (χ0n) is 14.6. The first-order valence-corrected chi connectivity index (χ1v) is 9.72. The molecule has 0 fully saturated rings. The number of carbonyl (C=O) groups excluding carboxylic acids is 1. The van der Waals surface area contributed by atoms with E-state index in [4.69, 9.17) is 0 Å². The number of rotatable bonds is 6. The van der Waals surface area contributed by atoms with E-state index >= 15 is 0 Å². The molecule has 2 aromatic rings. The number of halogens is 3. The molecule has 1 N–H and O–H groups in total. The molecule has 146 valence electrons. The van der Waals surface area contributed by atoms with E-state index in [1.807, 2.05) is 0 Å². The van der Waals surface area contributed by atoms with E-state index in [1.54, 1.807) is 13.0 Å². The first-order chi connectivity index (χ1) is 12.5. The van der Waals surface area contributed by atoms with Gasteiger partial charge in [-0.25, -0.2) is 8.42 Å². The van der Waals surface area contributed by atoms with Gasteiger partial charge < -0.3 is 10.1 Å². The van der Waals surface area contributed by atoms with Crippen LogP contribution in [0.4, 0.5) is 13.2 Å². The zero-order valence-corrected chi connectivity index (χ0v) is 15.4. The highest BCUT2D eigenvalue weighted by atomic mass is 32.2. The maximum absolute atomic E-state index is 12.3. The van der Waals surface area contributed by atoms with Crippen LogP contribution in [0.2, 0.25) is 0 Å². The van der Waals surface area contributed by atoms with Gasteiger partial charge in [0, 0.05) is 18.4 Å². The van der Waals surface area contributed by atoms with Crippen LogP contribution in [0.15, 0.2) is 47.4 Å². The maximum Gasteiger partial charge on any atom is 0.422 e. The zero-order chi connectivity index (χ0) is 20.2. The number of nitrogens with one attached hydrogen (secondary N) is 1. The fraction of sp³-hybridized carbons (Fsp3) is 0.278. The summed E-state index contributed by atoms with van der Waals surface area (Å²) in [5.74, 6) is -0.380. The summed E-state index contributed by atoms with van der Waals surface area (Å²) in [6.45, 7) is 0.438. The van der Waals surface area contributed by atoms with Crippen molar-refractivity contribution in [2.24, 2.45) is 0 Å². The number of carbonyl (C=O) groups is 1. The topological polar surface area (TPSA) is 72.5 Å². The van der Waals surface area contributed by atoms with Gasteiger partial charge in [0.15, 0.2) is 16.4 Å². The summed E-state index contributed by atoms with van der Waals surface area (Å²) in [7, 11) is -3.44. The van der Waals surface area contributed by atoms with Crippen molar-refractivity contribution in [1.29, 1.82) is 0 Å². The molecule has 0 bridgehead atoms. The molecule has 0 saturated carbocycles. The Labute approximate surface area is 155 Å². The Morgan fingerprint density at radius 3 is 2.30 bits per heavy atom. The molecule has 0 heterocycles. The molecule has 5 nitrogen and oxygen atoms in total. The smallest absolute Gasteiger partial charge is 0.422 e. The molecule has 0 saturated heterocycles. The SMILES string of the molecule is Cc1ccc(S(C)(=O)=O)cc1C(=O)NCc1ccc(OCC(F)(F)F)cc1. The molecule has 0 aliphatic rings.